The number of amides is 1. The van der Waals surface area contributed by atoms with E-state index in [1.54, 1.807) is 43.5 Å². The zero-order chi connectivity index (χ0) is 16.7. The maximum Gasteiger partial charge on any atom is 0.251 e. The second-order valence-electron chi connectivity index (χ2n) is 4.94. The summed E-state index contributed by atoms with van der Waals surface area (Å²) in [5.41, 5.74) is 1.33. The molecule has 4 nitrogen and oxygen atoms in total. The first-order chi connectivity index (χ1) is 11.1. The van der Waals surface area contributed by atoms with Crippen LogP contribution in [0.5, 0.6) is 11.5 Å². The molecule has 0 saturated heterocycles. The highest BCUT2D eigenvalue weighted by molar-refractivity contribution is 5.94. The lowest BCUT2D eigenvalue weighted by Gasteiger charge is -2.08. The van der Waals surface area contributed by atoms with Crippen molar-refractivity contribution in [1.82, 2.24) is 5.32 Å². The van der Waals surface area contributed by atoms with Crippen LogP contribution < -0.4 is 14.8 Å². The van der Waals surface area contributed by atoms with E-state index in [-0.39, 0.29) is 17.5 Å². The van der Waals surface area contributed by atoms with Crippen LogP contribution in [0.1, 0.15) is 22.8 Å². The summed E-state index contributed by atoms with van der Waals surface area (Å²) < 4.78 is 24.0. The van der Waals surface area contributed by atoms with Gasteiger partial charge >= 0.3 is 0 Å². The van der Waals surface area contributed by atoms with Crippen LogP contribution in [0, 0.1) is 5.82 Å². The van der Waals surface area contributed by atoms with Gasteiger partial charge in [0.2, 0.25) is 0 Å². The number of ether oxygens (including phenoxy) is 2. The average molecular weight is 317 g/mol. The summed E-state index contributed by atoms with van der Waals surface area (Å²) in [6.07, 6.45) is 0.541. The minimum Gasteiger partial charge on any atom is -0.497 e. The van der Waals surface area contributed by atoms with E-state index in [1.165, 1.54) is 6.07 Å². The fraction of sp³-hybridized carbons (Fsp3) is 0.278. The van der Waals surface area contributed by atoms with Gasteiger partial charge < -0.3 is 14.8 Å². The molecule has 0 aromatic heterocycles. The van der Waals surface area contributed by atoms with Crippen LogP contribution in [0.3, 0.4) is 0 Å². The summed E-state index contributed by atoms with van der Waals surface area (Å²) in [6.45, 7) is 2.65. The van der Waals surface area contributed by atoms with E-state index >= 15 is 0 Å². The summed E-state index contributed by atoms with van der Waals surface area (Å²) >= 11 is 0. The molecule has 0 radical (unpaired) electrons. The third-order valence-electron chi connectivity index (χ3n) is 3.33. The Bertz CT molecular complexity index is 673. The van der Waals surface area contributed by atoms with Gasteiger partial charge in [-0.3, -0.25) is 4.79 Å². The first kappa shape index (κ1) is 16.8. The average Bonchev–Trinajstić information content (AvgIpc) is 2.57. The quantitative estimate of drug-likeness (QED) is 0.853. The number of methoxy groups -OCH3 is 1. The first-order valence-electron chi connectivity index (χ1n) is 7.47. The van der Waals surface area contributed by atoms with Crippen molar-refractivity contribution < 1.29 is 18.7 Å². The van der Waals surface area contributed by atoms with Gasteiger partial charge in [0.1, 0.15) is 5.75 Å². The highest BCUT2D eigenvalue weighted by atomic mass is 19.1. The second kappa shape index (κ2) is 8.17. The third-order valence-corrected chi connectivity index (χ3v) is 3.33. The lowest BCUT2D eigenvalue weighted by atomic mass is 10.1. The second-order valence-corrected chi connectivity index (χ2v) is 4.94. The van der Waals surface area contributed by atoms with Gasteiger partial charge in [-0.2, -0.15) is 0 Å². The molecule has 5 heteroatoms. The van der Waals surface area contributed by atoms with Crippen LogP contribution in [0.4, 0.5) is 4.39 Å². The van der Waals surface area contributed by atoms with Crippen molar-refractivity contribution in [3.63, 3.8) is 0 Å². The number of hydrogen-bond donors (Lipinski definition) is 1. The summed E-state index contributed by atoms with van der Waals surface area (Å²) in [4.78, 5) is 12.0. The molecule has 0 aliphatic carbocycles. The molecule has 0 unspecified atom stereocenters. The molecule has 0 aliphatic rings. The molecule has 1 N–H and O–H groups in total. The van der Waals surface area contributed by atoms with Gasteiger partial charge in [-0.1, -0.05) is 12.1 Å². The summed E-state index contributed by atoms with van der Waals surface area (Å²) in [5.74, 6) is 0.307. The molecular weight excluding hydrogens is 297 g/mol. The van der Waals surface area contributed by atoms with Gasteiger partial charge in [-0.25, -0.2) is 4.39 Å². The molecule has 0 atom stereocenters. The van der Waals surface area contributed by atoms with Crippen LogP contribution >= 0.6 is 0 Å². The minimum absolute atomic E-state index is 0.185. The number of carbonyl (C=O) groups is 1. The van der Waals surface area contributed by atoms with E-state index in [0.717, 1.165) is 5.56 Å². The highest BCUT2D eigenvalue weighted by Gasteiger charge is 2.07. The van der Waals surface area contributed by atoms with Crippen molar-refractivity contribution in [2.45, 2.75) is 13.3 Å². The first-order valence-corrected chi connectivity index (χ1v) is 7.47. The third kappa shape index (κ3) is 4.71. The fourth-order valence-electron chi connectivity index (χ4n) is 2.16. The molecule has 0 spiro atoms. The van der Waals surface area contributed by atoms with Gasteiger partial charge in [-0.15, -0.1) is 0 Å². The Morgan fingerprint density at radius 1 is 1.22 bits per heavy atom. The van der Waals surface area contributed by atoms with Crippen molar-refractivity contribution in [3.05, 3.63) is 59.4 Å². The molecular formula is C18H20FNO3. The van der Waals surface area contributed by atoms with E-state index in [0.29, 0.717) is 30.9 Å². The Kier molecular flexibility index (Phi) is 5.97. The predicted octanol–water partition coefficient (Wildman–Crippen LogP) is 3.21. The van der Waals surface area contributed by atoms with E-state index in [4.69, 9.17) is 9.47 Å². The molecule has 0 aliphatic heterocycles. The van der Waals surface area contributed by atoms with Crippen molar-refractivity contribution in [2.24, 2.45) is 0 Å². The molecule has 2 aromatic carbocycles. The Morgan fingerprint density at radius 2 is 2.04 bits per heavy atom. The Hall–Kier alpha value is -2.56. The van der Waals surface area contributed by atoms with Crippen LogP contribution in [0.25, 0.3) is 0 Å². The molecule has 0 bridgehead atoms. The topological polar surface area (TPSA) is 47.6 Å². The number of benzene rings is 2. The van der Waals surface area contributed by atoms with E-state index in [1.807, 2.05) is 6.92 Å². The zero-order valence-electron chi connectivity index (χ0n) is 13.3. The maximum atomic E-state index is 13.7. The Labute approximate surface area is 135 Å². The van der Waals surface area contributed by atoms with Crippen LogP contribution in [-0.4, -0.2) is 26.2 Å². The largest absolute Gasteiger partial charge is 0.497 e. The molecule has 23 heavy (non-hydrogen) atoms. The lowest BCUT2D eigenvalue weighted by Crippen LogP contribution is -2.25. The van der Waals surface area contributed by atoms with E-state index < -0.39 is 0 Å². The smallest absolute Gasteiger partial charge is 0.251 e. The molecule has 2 aromatic rings. The minimum atomic E-state index is -0.386. The fourth-order valence-corrected chi connectivity index (χ4v) is 2.16. The van der Waals surface area contributed by atoms with Gasteiger partial charge in [0.15, 0.2) is 11.6 Å². The zero-order valence-corrected chi connectivity index (χ0v) is 13.3. The summed E-state index contributed by atoms with van der Waals surface area (Å²) in [6, 6.07) is 11.8. The van der Waals surface area contributed by atoms with Crippen LogP contribution in [-0.2, 0) is 6.42 Å². The van der Waals surface area contributed by atoms with E-state index in [9.17, 15) is 9.18 Å². The highest BCUT2D eigenvalue weighted by Crippen LogP contribution is 2.18. The molecule has 122 valence electrons. The van der Waals surface area contributed by atoms with Crippen molar-refractivity contribution >= 4 is 5.91 Å². The summed E-state index contributed by atoms with van der Waals surface area (Å²) in [5, 5.41) is 2.81. The van der Waals surface area contributed by atoms with Crippen molar-refractivity contribution in [1.29, 1.82) is 0 Å². The Morgan fingerprint density at radius 3 is 2.74 bits per heavy atom. The van der Waals surface area contributed by atoms with Gasteiger partial charge in [-0.05, 0) is 49.2 Å². The monoisotopic (exact) mass is 317 g/mol. The molecule has 0 fully saturated rings. The number of hydrogen-bond acceptors (Lipinski definition) is 3. The van der Waals surface area contributed by atoms with Gasteiger partial charge in [0.05, 0.1) is 13.7 Å². The van der Waals surface area contributed by atoms with Gasteiger partial charge in [0.25, 0.3) is 5.91 Å². The van der Waals surface area contributed by atoms with Crippen molar-refractivity contribution in [2.75, 3.05) is 20.3 Å². The number of carbonyl (C=O) groups excluding carboxylic acids is 1. The van der Waals surface area contributed by atoms with Crippen LogP contribution in [0.15, 0.2) is 42.5 Å². The molecule has 1 amide bonds. The molecule has 0 heterocycles. The SMILES string of the molecule is CCOc1ccc(CCNC(=O)c2cccc(OC)c2)cc1F. The normalized spacial score (nSPS) is 10.2. The van der Waals surface area contributed by atoms with Crippen molar-refractivity contribution in [3.8, 4) is 11.5 Å². The number of nitrogens with one attached hydrogen (secondary N) is 1. The number of halogens is 1. The summed E-state index contributed by atoms with van der Waals surface area (Å²) in [7, 11) is 1.55. The standard InChI is InChI=1S/C18H20FNO3/c1-3-23-17-8-7-13(11-16(17)19)9-10-20-18(21)14-5-4-6-15(12-14)22-2/h4-8,11-12H,3,9-10H2,1-2H3,(H,20,21). The lowest BCUT2D eigenvalue weighted by molar-refractivity contribution is 0.0954. The van der Waals surface area contributed by atoms with Gasteiger partial charge in [0, 0.05) is 12.1 Å². The number of rotatable bonds is 7. The maximum absolute atomic E-state index is 13.7. The molecule has 0 saturated carbocycles. The van der Waals surface area contributed by atoms with E-state index in [2.05, 4.69) is 5.32 Å². The van der Waals surface area contributed by atoms with Crippen LogP contribution in [0.2, 0.25) is 0 Å². The molecule has 2 rings (SSSR count). The predicted molar refractivity (Wildman–Crippen MR) is 86.6 cm³/mol. The Balaban J connectivity index is 1.89.